The Kier molecular flexibility index (Phi) is 3.64. The third-order valence-electron chi connectivity index (χ3n) is 3.07. The van der Waals surface area contributed by atoms with Crippen molar-refractivity contribution in [3.05, 3.63) is 35.9 Å². The van der Waals surface area contributed by atoms with Crippen molar-refractivity contribution in [2.75, 3.05) is 13.6 Å². The molecule has 17 heavy (non-hydrogen) atoms. The van der Waals surface area contributed by atoms with Crippen LogP contribution in [-0.4, -0.2) is 35.6 Å². The third kappa shape index (κ3) is 3.20. The first-order valence-corrected chi connectivity index (χ1v) is 5.94. The van der Waals surface area contributed by atoms with Crippen molar-refractivity contribution in [3.63, 3.8) is 0 Å². The van der Waals surface area contributed by atoms with Crippen LogP contribution in [-0.2, 0) is 0 Å². The number of hydrogen-bond donors (Lipinski definition) is 2. The fourth-order valence-corrected chi connectivity index (χ4v) is 1.72. The maximum absolute atomic E-state index is 9.92. The SMILES string of the molecule is CN(C(N)=NCC(O)c1ccccc1)C1CC1. The van der Waals surface area contributed by atoms with Gasteiger partial charge in [0, 0.05) is 13.1 Å². The van der Waals surface area contributed by atoms with Gasteiger partial charge in [-0.25, -0.2) is 0 Å². The zero-order valence-corrected chi connectivity index (χ0v) is 10.1. The van der Waals surface area contributed by atoms with Crippen molar-refractivity contribution in [2.24, 2.45) is 10.7 Å². The molecule has 0 bridgehead atoms. The molecule has 0 aromatic heterocycles. The van der Waals surface area contributed by atoms with Crippen LogP contribution in [0.1, 0.15) is 24.5 Å². The van der Waals surface area contributed by atoms with Crippen LogP contribution in [0.5, 0.6) is 0 Å². The average Bonchev–Trinajstić information content (AvgIpc) is 3.20. The molecule has 2 rings (SSSR count). The van der Waals surface area contributed by atoms with Gasteiger partial charge in [0.15, 0.2) is 5.96 Å². The fraction of sp³-hybridized carbons (Fsp3) is 0.462. The minimum absolute atomic E-state index is 0.312. The highest BCUT2D eigenvalue weighted by Gasteiger charge is 2.27. The van der Waals surface area contributed by atoms with Gasteiger partial charge in [-0.1, -0.05) is 30.3 Å². The standard InChI is InChI=1S/C13H19N3O/c1-16(11-7-8-11)13(14)15-9-12(17)10-5-3-2-4-6-10/h2-6,11-12,17H,7-9H2,1H3,(H2,14,15). The van der Waals surface area contributed by atoms with E-state index in [1.807, 2.05) is 42.3 Å². The topological polar surface area (TPSA) is 61.8 Å². The van der Waals surface area contributed by atoms with Gasteiger partial charge in [-0.2, -0.15) is 0 Å². The van der Waals surface area contributed by atoms with E-state index in [1.165, 1.54) is 12.8 Å². The van der Waals surface area contributed by atoms with Crippen LogP contribution in [0.3, 0.4) is 0 Å². The van der Waals surface area contributed by atoms with E-state index in [9.17, 15) is 5.11 Å². The smallest absolute Gasteiger partial charge is 0.191 e. The number of nitrogens with two attached hydrogens (primary N) is 1. The van der Waals surface area contributed by atoms with E-state index in [2.05, 4.69) is 4.99 Å². The summed E-state index contributed by atoms with van der Waals surface area (Å²) in [5, 5.41) is 9.92. The van der Waals surface area contributed by atoms with E-state index in [-0.39, 0.29) is 0 Å². The van der Waals surface area contributed by atoms with Crippen LogP contribution in [0.15, 0.2) is 35.3 Å². The van der Waals surface area contributed by atoms with Crippen molar-refractivity contribution < 1.29 is 5.11 Å². The van der Waals surface area contributed by atoms with Crippen LogP contribution in [0.4, 0.5) is 0 Å². The van der Waals surface area contributed by atoms with Gasteiger partial charge in [-0.3, -0.25) is 4.99 Å². The number of benzene rings is 1. The summed E-state index contributed by atoms with van der Waals surface area (Å²) >= 11 is 0. The van der Waals surface area contributed by atoms with Gasteiger partial charge in [-0.15, -0.1) is 0 Å². The van der Waals surface area contributed by atoms with E-state index >= 15 is 0 Å². The van der Waals surface area contributed by atoms with E-state index in [1.54, 1.807) is 0 Å². The van der Waals surface area contributed by atoms with E-state index in [4.69, 9.17) is 5.73 Å². The molecular weight excluding hydrogens is 214 g/mol. The maximum Gasteiger partial charge on any atom is 0.191 e. The highest BCUT2D eigenvalue weighted by molar-refractivity contribution is 5.78. The molecule has 1 saturated carbocycles. The predicted molar refractivity (Wildman–Crippen MR) is 68.7 cm³/mol. The molecular formula is C13H19N3O. The first-order chi connectivity index (χ1) is 8.18. The number of nitrogens with zero attached hydrogens (tertiary/aromatic N) is 2. The summed E-state index contributed by atoms with van der Waals surface area (Å²) in [4.78, 5) is 6.22. The second-order valence-corrected chi connectivity index (χ2v) is 4.47. The highest BCUT2D eigenvalue weighted by atomic mass is 16.3. The monoisotopic (exact) mass is 233 g/mol. The molecule has 1 aliphatic carbocycles. The Hall–Kier alpha value is -1.55. The second-order valence-electron chi connectivity index (χ2n) is 4.47. The number of guanidine groups is 1. The van der Waals surface area contributed by atoms with Crippen molar-refractivity contribution in [1.29, 1.82) is 0 Å². The minimum atomic E-state index is -0.581. The Balaban J connectivity index is 1.90. The Morgan fingerprint density at radius 1 is 1.47 bits per heavy atom. The van der Waals surface area contributed by atoms with Crippen LogP contribution >= 0.6 is 0 Å². The Bertz CT molecular complexity index is 387. The molecule has 0 heterocycles. The predicted octanol–water partition coefficient (Wildman–Crippen LogP) is 1.13. The molecule has 1 aliphatic rings. The van der Waals surface area contributed by atoms with Gasteiger partial charge in [0.25, 0.3) is 0 Å². The molecule has 92 valence electrons. The quantitative estimate of drug-likeness (QED) is 0.605. The maximum atomic E-state index is 9.92. The Labute approximate surface area is 102 Å². The summed E-state index contributed by atoms with van der Waals surface area (Å²) in [7, 11) is 1.95. The lowest BCUT2D eigenvalue weighted by molar-refractivity contribution is 0.187. The summed E-state index contributed by atoms with van der Waals surface area (Å²) < 4.78 is 0. The summed E-state index contributed by atoms with van der Waals surface area (Å²) in [5.41, 5.74) is 6.72. The number of aliphatic imine (C=N–C) groups is 1. The number of aliphatic hydroxyl groups is 1. The molecule has 0 aliphatic heterocycles. The van der Waals surface area contributed by atoms with Crippen molar-refractivity contribution in [1.82, 2.24) is 4.90 Å². The second kappa shape index (κ2) is 5.19. The van der Waals surface area contributed by atoms with Crippen molar-refractivity contribution in [2.45, 2.75) is 25.0 Å². The molecule has 3 N–H and O–H groups in total. The molecule has 0 spiro atoms. The van der Waals surface area contributed by atoms with Crippen LogP contribution < -0.4 is 5.73 Å². The Morgan fingerprint density at radius 3 is 2.71 bits per heavy atom. The van der Waals surface area contributed by atoms with Crippen molar-refractivity contribution >= 4 is 5.96 Å². The summed E-state index contributed by atoms with van der Waals surface area (Å²) in [6, 6.07) is 10.1. The van der Waals surface area contributed by atoms with Gasteiger partial charge >= 0.3 is 0 Å². The molecule has 1 aromatic carbocycles. The molecule has 0 saturated heterocycles. The lowest BCUT2D eigenvalue weighted by Crippen LogP contribution is -2.36. The summed E-state index contributed by atoms with van der Waals surface area (Å²) in [5.74, 6) is 0.516. The molecule has 1 aromatic rings. The third-order valence-corrected chi connectivity index (χ3v) is 3.07. The van der Waals surface area contributed by atoms with Crippen LogP contribution in [0, 0.1) is 0 Å². The number of aliphatic hydroxyl groups excluding tert-OH is 1. The van der Waals surface area contributed by atoms with E-state index < -0.39 is 6.10 Å². The van der Waals surface area contributed by atoms with E-state index in [0.29, 0.717) is 18.5 Å². The molecule has 1 atom stereocenters. The first kappa shape index (κ1) is 11.9. The summed E-state index contributed by atoms with van der Waals surface area (Å²) in [6.07, 6.45) is 1.80. The molecule has 4 heteroatoms. The molecule has 4 nitrogen and oxygen atoms in total. The first-order valence-electron chi connectivity index (χ1n) is 5.94. The van der Waals surface area contributed by atoms with Gasteiger partial charge in [-0.05, 0) is 18.4 Å². The Morgan fingerprint density at radius 2 is 2.12 bits per heavy atom. The molecule has 0 radical (unpaired) electrons. The fourth-order valence-electron chi connectivity index (χ4n) is 1.72. The number of rotatable bonds is 4. The minimum Gasteiger partial charge on any atom is -0.386 e. The van der Waals surface area contributed by atoms with Gasteiger partial charge in [0.05, 0.1) is 12.6 Å². The average molecular weight is 233 g/mol. The van der Waals surface area contributed by atoms with Gasteiger partial charge in [0.2, 0.25) is 0 Å². The number of hydrogen-bond acceptors (Lipinski definition) is 2. The van der Waals surface area contributed by atoms with E-state index in [0.717, 1.165) is 5.56 Å². The van der Waals surface area contributed by atoms with Gasteiger partial charge < -0.3 is 15.7 Å². The zero-order chi connectivity index (χ0) is 12.3. The molecule has 1 fully saturated rings. The molecule has 1 unspecified atom stereocenters. The van der Waals surface area contributed by atoms with Gasteiger partial charge in [0.1, 0.15) is 0 Å². The van der Waals surface area contributed by atoms with Crippen molar-refractivity contribution in [3.8, 4) is 0 Å². The van der Waals surface area contributed by atoms with Crippen LogP contribution in [0.25, 0.3) is 0 Å². The lowest BCUT2D eigenvalue weighted by Gasteiger charge is -2.17. The summed E-state index contributed by atoms with van der Waals surface area (Å²) in [6.45, 7) is 0.312. The largest absolute Gasteiger partial charge is 0.386 e. The molecule has 0 amide bonds. The normalized spacial score (nSPS) is 17.9. The highest BCUT2D eigenvalue weighted by Crippen LogP contribution is 2.25. The lowest BCUT2D eigenvalue weighted by atomic mass is 10.1. The zero-order valence-electron chi connectivity index (χ0n) is 10.1. The van der Waals surface area contributed by atoms with Crippen LogP contribution in [0.2, 0.25) is 0 Å².